The maximum absolute atomic E-state index is 12.7. The zero-order valence-corrected chi connectivity index (χ0v) is 22.9. The number of carbonyl (C=O) groups is 2. The summed E-state index contributed by atoms with van der Waals surface area (Å²) in [6, 6.07) is 18.6. The summed E-state index contributed by atoms with van der Waals surface area (Å²) in [6.45, 7) is 7.09. The minimum absolute atomic E-state index is 0.0486. The molecule has 0 fully saturated rings. The largest absolute Gasteiger partial charge is 0.493 e. The number of nitrogens with zero attached hydrogens (tertiary/aromatic N) is 1. The fourth-order valence-electron chi connectivity index (χ4n) is 4.14. The van der Waals surface area contributed by atoms with E-state index in [2.05, 4.69) is 38.2 Å². The topological polar surface area (TPSA) is 86.3 Å². The van der Waals surface area contributed by atoms with Gasteiger partial charge in [-0.05, 0) is 65.1 Å². The highest BCUT2D eigenvalue weighted by Crippen LogP contribution is 2.35. The molecule has 204 valence electrons. The van der Waals surface area contributed by atoms with Crippen molar-refractivity contribution in [2.45, 2.75) is 26.2 Å². The number of carbonyl (C=O) groups excluding carboxylic acids is 2. The van der Waals surface area contributed by atoms with Gasteiger partial charge in [-0.25, -0.2) is 0 Å². The maximum atomic E-state index is 12.7. The zero-order valence-electron chi connectivity index (χ0n) is 22.9. The molecule has 8 heteroatoms. The Hall–Kier alpha value is -4.46. The smallest absolute Gasteiger partial charge is 0.265 e. The number of methoxy groups -OCH3 is 2. The number of fused-ring (bicyclic) bond motifs is 1. The Bertz CT molecular complexity index is 1360. The molecule has 0 aromatic heterocycles. The Morgan fingerprint density at radius 3 is 2.44 bits per heavy atom. The molecular weight excluding hydrogens is 496 g/mol. The molecule has 1 heterocycles. The average Bonchev–Trinajstić information content (AvgIpc) is 2.92. The first-order valence-corrected chi connectivity index (χ1v) is 12.7. The predicted molar refractivity (Wildman–Crippen MR) is 152 cm³/mol. The lowest BCUT2D eigenvalue weighted by atomic mass is 9.87. The quantitative estimate of drug-likeness (QED) is 0.370. The van der Waals surface area contributed by atoms with Crippen LogP contribution in [0.1, 0.15) is 31.9 Å². The minimum atomic E-state index is -0.318. The van der Waals surface area contributed by atoms with Gasteiger partial charge in [-0.3, -0.25) is 9.59 Å². The van der Waals surface area contributed by atoms with E-state index in [1.54, 1.807) is 55.5 Å². The second kappa shape index (κ2) is 11.9. The zero-order chi connectivity index (χ0) is 28.0. The van der Waals surface area contributed by atoms with Crippen molar-refractivity contribution in [2.24, 2.45) is 0 Å². The molecule has 0 unspecified atom stereocenters. The minimum Gasteiger partial charge on any atom is -0.493 e. The molecule has 39 heavy (non-hydrogen) atoms. The van der Waals surface area contributed by atoms with E-state index < -0.39 is 0 Å². The van der Waals surface area contributed by atoms with Crippen molar-refractivity contribution in [1.29, 1.82) is 0 Å². The summed E-state index contributed by atoms with van der Waals surface area (Å²) >= 11 is 0. The van der Waals surface area contributed by atoms with Gasteiger partial charge in [0.2, 0.25) is 5.91 Å². The summed E-state index contributed by atoms with van der Waals surface area (Å²) in [5.74, 6) is 2.00. The van der Waals surface area contributed by atoms with Crippen molar-refractivity contribution in [3.63, 3.8) is 0 Å². The number of hydrogen-bond acceptors (Lipinski definition) is 6. The molecule has 4 rings (SSSR count). The molecule has 1 aliphatic heterocycles. The molecule has 0 radical (unpaired) electrons. The summed E-state index contributed by atoms with van der Waals surface area (Å²) < 4.78 is 22.1. The Kier molecular flexibility index (Phi) is 8.44. The molecule has 3 aromatic rings. The van der Waals surface area contributed by atoms with Crippen LogP contribution in [-0.4, -0.2) is 45.8 Å². The third kappa shape index (κ3) is 6.90. The van der Waals surface area contributed by atoms with Gasteiger partial charge in [0.25, 0.3) is 5.91 Å². The number of rotatable bonds is 9. The third-order valence-electron chi connectivity index (χ3n) is 6.31. The van der Waals surface area contributed by atoms with Crippen LogP contribution in [0.5, 0.6) is 23.0 Å². The lowest BCUT2D eigenvalue weighted by molar-refractivity contribution is -0.121. The average molecular weight is 531 g/mol. The molecule has 1 N–H and O–H groups in total. The fraction of sp³-hybridized carbons (Fsp3) is 0.290. The Morgan fingerprint density at radius 1 is 1.00 bits per heavy atom. The van der Waals surface area contributed by atoms with Crippen LogP contribution in [0.2, 0.25) is 0 Å². The SMILES string of the molecule is COc1ccc(/C=C/C(=O)Nc2ccc3c(c2)N(CCOc2ccc(C(C)(C)C)cc2)C(=O)CO3)cc1OC. The number of ether oxygens (including phenoxy) is 4. The number of amides is 2. The van der Waals surface area contributed by atoms with Gasteiger partial charge >= 0.3 is 0 Å². The van der Waals surface area contributed by atoms with Crippen LogP contribution in [0.15, 0.2) is 66.7 Å². The fourth-order valence-corrected chi connectivity index (χ4v) is 4.14. The van der Waals surface area contributed by atoms with Crippen LogP contribution in [0.4, 0.5) is 11.4 Å². The Morgan fingerprint density at radius 2 is 1.74 bits per heavy atom. The first-order valence-electron chi connectivity index (χ1n) is 12.7. The van der Waals surface area contributed by atoms with E-state index in [0.717, 1.165) is 11.3 Å². The van der Waals surface area contributed by atoms with Gasteiger partial charge in [-0.2, -0.15) is 0 Å². The van der Waals surface area contributed by atoms with Gasteiger partial charge in [-0.15, -0.1) is 0 Å². The number of nitrogens with one attached hydrogen (secondary N) is 1. The molecule has 0 bridgehead atoms. The molecule has 8 nitrogen and oxygen atoms in total. The first kappa shape index (κ1) is 27.6. The van der Waals surface area contributed by atoms with E-state index in [-0.39, 0.29) is 23.8 Å². The van der Waals surface area contributed by atoms with Gasteiger partial charge in [0.15, 0.2) is 18.1 Å². The second-order valence-corrected chi connectivity index (χ2v) is 10.1. The molecule has 0 atom stereocenters. The summed E-state index contributed by atoms with van der Waals surface area (Å²) in [5, 5.41) is 2.84. The van der Waals surface area contributed by atoms with Gasteiger partial charge in [-0.1, -0.05) is 39.0 Å². The van der Waals surface area contributed by atoms with Crippen molar-refractivity contribution in [3.05, 3.63) is 77.9 Å². The van der Waals surface area contributed by atoms with Crippen LogP contribution in [0.25, 0.3) is 6.08 Å². The van der Waals surface area contributed by atoms with Crippen LogP contribution < -0.4 is 29.2 Å². The van der Waals surface area contributed by atoms with Gasteiger partial charge in [0.05, 0.1) is 26.5 Å². The monoisotopic (exact) mass is 530 g/mol. The van der Waals surface area contributed by atoms with E-state index in [0.29, 0.717) is 41.8 Å². The Labute approximate surface area is 229 Å². The number of benzene rings is 3. The predicted octanol–water partition coefficient (Wildman–Crippen LogP) is 5.46. The van der Waals surface area contributed by atoms with Crippen LogP contribution in [0, 0.1) is 0 Å². The summed E-state index contributed by atoms with van der Waals surface area (Å²) in [6.07, 6.45) is 3.11. The van der Waals surface area contributed by atoms with Crippen molar-refractivity contribution in [2.75, 3.05) is 44.2 Å². The number of hydrogen-bond donors (Lipinski definition) is 1. The van der Waals surface area contributed by atoms with E-state index in [9.17, 15) is 9.59 Å². The van der Waals surface area contributed by atoms with Gasteiger partial charge in [0, 0.05) is 11.8 Å². The van der Waals surface area contributed by atoms with Crippen molar-refractivity contribution in [1.82, 2.24) is 0 Å². The molecular formula is C31H34N2O6. The molecule has 0 spiro atoms. The second-order valence-electron chi connectivity index (χ2n) is 10.1. The summed E-state index contributed by atoms with van der Waals surface area (Å²) in [7, 11) is 3.13. The highest BCUT2D eigenvalue weighted by atomic mass is 16.5. The van der Waals surface area contributed by atoms with E-state index in [1.165, 1.54) is 11.6 Å². The van der Waals surface area contributed by atoms with Crippen LogP contribution >= 0.6 is 0 Å². The summed E-state index contributed by atoms with van der Waals surface area (Å²) in [5.41, 5.74) is 3.19. The third-order valence-corrected chi connectivity index (χ3v) is 6.31. The highest BCUT2D eigenvalue weighted by molar-refractivity contribution is 6.03. The normalized spacial score (nSPS) is 13.1. The molecule has 1 aliphatic rings. The molecule has 0 saturated carbocycles. The van der Waals surface area contributed by atoms with Crippen LogP contribution in [-0.2, 0) is 15.0 Å². The van der Waals surface area contributed by atoms with E-state index in [4.69, 9.17) is 18.9 Å². The molecule has 0 aliphatic carbocycles. The lowest BCUT2D eigenvalue weighted by Gasteiger charge is -2.29. The molecule has 0 saturated heterocycles. The first-order chi connectivity index (χ1) is 18.7. The lowest BCUT2D eigenvalue weighted by Crippen LogP contribution is -2.41. The molecule has 2 amide bonds. The number of anilines is 2. The maximum Gasteiger partial charge on any atom is 0.265 e. The Balaban J connectivity index is 1.40. The van der Waals surface area contributed by atoms with E-state index in [1.807, 2.05) is 18.2 Å². The van der Waals surface area contributed by atoms with Gasteiger partial charge in [0.1, 0.15) is 18.1 Å². The van der Waals surface area contributed by atoms with Crippen molar-refractivity contribution < 1.29 is 28.5 Å². The van der Waals surface area contributed by atoms with Gasteiger partial charge < -0.3 is 29.2 Å². The van der Waals surface area contributed by atoms with Crippen LogP contribution in [0.3, 0.4) is 0 Å². The molecule has 3 aromatic carbocycles. The van der Waals surface area contributed by atoms with E-state index >= 15 is 0 Å². The van der Waals surface area contributed by atoms with Crippen molar-refractivity contribution in [3.8, 4) is 23.0 Å². The highest BCUT2D eigenvalue weighted by Gasteiger charge is 2.26. The van der Waals surface area contributed by atoms with Crippen molar-refractivity contribution >= 4 is 29.3 Å². The standard InChI is InChI=1S/C31H34N2O6/c1-31(2,3)22-8-11-24(12-9-22)38-17-16-33-25-19-23(10-14-26(25)39-20-30(33)35)32-29(34)15-7-21-6-13-27(36-4)28(18-21)37-5/h6-15,18-19H,16-17,20H2,1-5H3,(H,32,34)/b15-7+. The summed E-state index contributed by atoms with van der Waals surface area (Å²) in [4.78, 5) is 26.9.